The number of urea groups is 1. The summed E-state index contributed by atoms with van der Waals surface area (Å²) in [5.41, 5.74) is -1.24. The molecule has 0 saturated carbocycles. The Balaban J connectivity index is 2.66. The molecule has 0 bridgehead atoms. The summed E-state index contributed by atoms with van der Waals surface area (Å²) in [6.45, 7) is 5.20. The number of carbonyl (C=O) groups excluding carboxylic acids is 1. The van der Waals surface area contributed by atoms with Crippen molar-refractivity contribution in [2.75, 3.05) is 0 Å². The molecule has 2 unspecified atom stereocenters. The van der Waals surface area contributed by atoms with Gasteiger partial charge in [0, 0.05) is 4.88 Å². The third-order valence-corrected chi connectivity index (χ3v) is 4.15. The standard InChI is InChI=1S/C13H20N2O3S/c1-4-9(10-7-6-8-19-10)14-12(18)15-13(3,5-2)11(16)17/h6-9H,4-5H2,1-3H3,(H,16,17)(H2,14,15,18). The molecule has 0 aliphatic heterocycles. The van der Waals surface area contributed by atoms with Gasteiger partial charge in [-0.1, -0.05) is 19.9 Å². The fraction of sp³-hybridized carbons (Fsp3) is 0.538. The van der Waals surface area contributed by atoms with Crippen LogP contribution in [0.15, 0.2) is 17.5 Å². The topological polar surface area (TPSA) is 78.4 Å². The van der Waals surface area contributed by atoms with Gasteiger partial charge in [0.1, 0.15) is 5.54 Å². The van der Waals surface area contributed by atoms with Crippen molar-refractivity contribution in [2.45, 2.75) is 45.2 Å². The molecule has 1 heterocycles. The Bertz CT molecular complexity index is 433. The van der Waals surface area contributed by atoms with E-state index in [1.807, 2.05) is 24.4 Å². The summed E-state index contributed by atoms with van der Waals surface area (Å²) in [5.74, 6) is -1.03. The molecule has 5 nitrogen and oxygen atoms in total. The van der Waals surface area contributed by atoms with Crippen LogP contribution in [0.5, 0.6) is 0 Å². The number of carboxylic acid groups (broad SMARTS) is 1. The molecular formula is C13H20N2O3S. The summed E-state index contributed by atoms with van der Waals surface area (Å²) in [6.07, 6.45) is 1.08. The van der Waals surface area contributed by atoms with E-state index in [1.54, 1.807) is 18.3 Å². The molecule has 0 spiro atoms. The second kappa shape index (κ2) is 6.56. The van der Waals surface area contributed by atoms with Crippen molar-refractivity contribution < 1.29 is 14.7 Å². The predicted octanol–water partition coefficient (Wildman–Crippen LogP) is 2.75. The molecule has 0 fully saturated rings. The van der Waals surface area contributed by atoms with Gasteiger partial charge >= 0.3 is 12.0 Å². The minimum atomic E-state index is -1.24. The molecule has 1 aromatic rings. The van der Waals surface area contributed by atoms with E-state index in [1.165, 1.54) is 6.92 Å². The molecule has 0 saturated heterocycles. The Labute approximate surface area is 117 Å². The van der Waals surface area contributed by atoms with Crippen LogP contribution in [0.2, 0.25) is 0 Å². The lowest BCUT2D eigenvalue weighted by molar-refractivity contribution is -0.143. The van der Waals surface area contributed by atoms with Gasteiger partial charge in [-0.3, -0.25) is 0 Å². The highest BCUT2D eigenvalue weighted by Gasteiger charge is 2.33. The molecule has 3 N–H and O–H groups in total. The van der Waals surface area contributed by atoms with Crippen molar-refractivity contribution in [3.05, 3.63) is 22.4 Å². The second-order valence-corrected chi connectivity index (χ2v) is 5.54. The van der Waals surface area contributed by atoms with Crippen LogP contribution in [0.1, 0.15) is 44.5 Å². The van der Waals surface area contributed by atoms with E-state index in [-0.39, 0.29) is 6.04 Å². The quantitative estimate of drug-likeness (QED) is 0.751. The van der Waals surface area contributed by atoms with Crippen LogP contribution in [-0.2, 0) is 4.79 Å². The van der Waals surface area contributed by atoms with Crippen LogP contribution in [-0.4, -0.2) is 22.6 Å². The van der Waals surface area contributed by atoms with Gasteiger partial charge in [-0.25, -0.2) is 9.59 Å². The highest BCUT2D eigenvalue weighted by Crippen LogP contribution is 2.21. The molecule has 2 amide bonds. The normalized spacial score (nSPS) is 15.3. The van der Waals surface area contributed by atoms with E-state index in [0.717, 1.165) is 11.3 Å². The number of hydrogen-bond donors (Lipinski definition) is 3. The van der Waals surface area contributed by atoms with Gasteiger partial charge in [-0.15, -0.1) is 11.3 Å². The average Bonchev–Trinajstić information content (AvgIpc) is 2.89. The van der Waals surface area contributed by atoms with Gasteiger partial charge in [0.2, 0.25) is 0 Å². The van der Waals surface area contributed by atoms with E-state index >= 15 is 0 Å². The maximum absolute atomic E-state index is 11.9. The zero-order valence-electron chi connectivity index (χ0n) is 11.4. The fourth-order valence-corrected chi connectivity index (χ4v) is 2.46. The molecule has 19 heavy (non-hydrogen) atoms. The Hall–Kier alpha value is -1.56. The van der Waals surface area contributed by atoms with Gasteiger partial charge in [0.05, 0.1) is 6.04 Å². The summed E-state index contributed by atoms with van der Waals surface area (Å²) < 4.78 is 0. The summed E-state index contributed by atoms with van der Waals surface area (Å²) in [7, 11) is 0. The average molecular weight is 284 g/mol. The summed E-state index contributed by atoms with van der Waals surface area (Å²) in [5, 5.41) is 16.4. The zero-order valence-corrected chi connectivity index (χ0v) is 12.2. The lowest BCUT2D eigenvalue weighted by atomic mass is 10.00. The molecule has 0 aliphatic rings. The van der Waals surface area contributed by atoms with Gasteiger partial charge in [-0.2, -0.15) is 0 Å². The van der Waals surface area contributed by atoms with Gasteiger partial charge in [-0.05, 0) is 31.2 Å². The highest BCUT2D eigenvalue weighted by atomic mass is 32.1. The monoisotopic (exact) mass is 284 g/mol. The summed E-state index contributed by atoms with van der Waals surface area (Å²) in [6, 6.07) is 3.34. The van der Waals surface area contributed by atoms with Crippen LogP contribution < -0.4 is 10.6 Å². The number of rotatable bonds is 6. The maximum atomic E-state index is 11.9. The lowest BCUT2D eigenvalue weighted by Crippen LogP contribution is -2.55. The number of hydrogen-bond acceptors (Lipinski definition) is 3. The molecule has 106 valence electrons. The van der Waals surface area contributed by atoms with Crippen LogP contribution in [0.4, 0.5) is 4.79 Å². The number of amides is 2. The Morgan fingerprint density at radius 1 is 1.47 bits per heavy atom. The molecule has 6 heteroatoms. The van der Waals surface area contributed by atoms with Crippen molar-refractivity contribution in [1.29, 1.82) is 0 Å². The van der Waals surface area contributed by atoms with E-state index in [4.69, 9.17) is 5.11 Å². The van der Waals surface area contributed by atoms with Gasteiger partial charge < -0.3 is 15.7 Å². The molecule has 1 rings (SSSR count). The first kappa shape index (κ1) is 15.5. The van der Waals surface area contributed by atoms with Crippen LogP contribution >= 0.6 is 11.3 Å². The van der Waals surface area contributed by atoms with Crippen molar-refractivity contribution in [3.8, 4) is 0 Å². The second-order valence-electron chi connectivity index (χ2n) is 4.57. The minimum absolute atomic E-state index is 0.0881. The third-order valence-electron chi connectivity index (χ3n) is 3.17. The maximum Gasteiger partial charge on any atom is 0.329 e. The van der Waals surface area contributed by atoms with Crippen molar-refractivity contribution in [1.82, 2.24) is 10.6 Å². The number of nitrogens with one attached hydrogen (secondary N) is 2. The summed E-state index contributed by atoms with van der Waals surface area (Å²) in [4.78, 5) is 24.1. The van der Waals surface area contributed by atoms with Gasteiger partial charge in [0.25, 0.3) is 0 Å². The first-order valence-corrected chi connectivity index (χ1v) is 7.16. The number of carboxylic acids is 1. The van der Waals surface area contributed by atoms with Crippen molar-refractivity contribution in [3.63, 3.8) is 0 Å². The Morgan fingerprint density at radius 3 is 2.58 bits per heavy atom. The lowest BCUT2D eigenvalue weighted by Gasteiger charge is -2.26. The molecule has 0 aliphatic carbocycles. The molecular weight excluding hydrogens is 264 g/mol. The van der Waals surface area contributed by atoms with E-state index < -0.39 is 17.5 Å². The number of thiophene rings is 1. The predicted molar refractivity (Wildman–Crippen MR) is 75.4 cm³/mol. The zero-order chi connectivity index (χ0) is 14.5. The minimum Gasteiger partial charge on any atom is -0.480 e. The first-order valence-electron chi connectivity index (χ1n) is 6.28. The number of aliphatic carboxylic acids is 1. The van der Waals surface area contributed by atoms with Crippen LogP contribution in [0.25, 0.3) is 0 Å². The Kier molecular flexibility index (Phi) is 5.35. The molecule has 2 atom stereocenters. The van der Waals surface area contributed by atoms with Crippen LogP contribution in [0.3, 0.4) is 0 Å². The fourth-order valence-electron chi connectivity index (χ4n) is 1.60. The summed E-state index contributed by atoms with van der Waals surface area (Å²) >= 11 is 1.57. The largest absolute Gasteiger partial charge is 0.480 e. The van der Waals surface area contributed by atoms with E-state index in [0.29, 0.717) is 6.42 Å². The van der Waals surface area contributed by atoms with Crippen LogP contribution in [0, 0.1) is 0 Å². The molecule has 1 aromatic heterocycles. The highest BCUT2D eigenvalue weighted by molar-refractivity contribution is 7.10. The first-order chi connectivity index (χ1) is 8.92. The van der Waals surface area contributed by atoms with Gasteiger partial charge in [0.15, 0.2) is 0 Å². The van der Waals surface area contributed by atoms with Crippen molar-refractivity contribution >= 4 is 23.3 Å². The third kappa shape index (κ3) is 3.96. The van der Waals surface area contributed by atoms with E-state index in [9.17, 15) is 9.59 Å². The number of carbonyl (C=O) groups is 2. The van der Waals surface area contributed by atoms with Crippen molar-refractivity contribution in [2.24, 2.45) is 0 Å². The molecule has 0 radical (unpaired) electrons. The molecule has 0 aromatic carbocycles. The smallest absolute Gasteiger partial charge is 0.329 e. The van der Waals surface area contributed by atoms with E-state index in [2.05, 4.69) is 10.6 Å². The SMILES string of the molecule is CCC(NC(=O)NC(C)(CC)C(=O)O)c1cccs1. The Morgan fingerprint density at radius 2 is 2.16 bits per heavy atom.